The lowest BCUT2D eigenvalue weighted by atomic mass is 9.98. The van der Waals surface area contributed by atoms with Crippen LogP contribution in [0.4, 0.5) is 4.79 Å². The lowest BCUT2D eigenvalue weighted by Gasteiger charge is -2.14. The second kappa shape index (κ2) is 30.6. The Morgan fingerprint density at radius 1 is 0.458 bits per heavy atom. The molecule has 0 atom stereocenters. The first-order valence-electron chi connectivity index (χ1n) is 20.0. The Hall–Kier alpha value is -4.36. The number of ether oxygens (including phenoxy) is 12. The normalized spacial score (nSPS) is 11.9. The predicted molar refractivity (Wildman–Crippen MR) is 216 cm³/mol. The molecule has 16 heteroatoms. The molecule has 4 rings (SSSR count). The summed E-state index contributed by atoms with van der Waals surface area (Å²) < 4.78 is 65.6. The molecule has 0 unspecified atom stereocenters. The highest BCUT2D eigenvalue weighted by Crippen LogP contribution is 2.44. The van der Waals surface area contributed by atoms with Gasteiger partial charge in [-0.1, -0.05) is 48.5 Å². The van der Waals surface area contributed by atoms with E-state index in [1.54, 1.807) is 0 Å². The molecule has 1 aliphatic carbocycles. The van der Waals surface area contributed by atoms with Crippen LogP contribution < -0.4 is 14.8 Å². The lowest BCUT2D eigenvalue weighted by molar-refractivity contribution is -0.142. The van der Waals surface area contributed by atoms with E-state index < -0.39 is 12.1 Å². The lowest BCUT2D eigenvalue weighted by Crippen LogP contribution is -2.29. The third-order valence-corrected chi connectivity index (χ3v) is 8.51. The monoisotopic (exact) mass is 829 g/mol. The van der Waals surface area contributed by atoms with Gasteiger partial charge < -0.3 is 67.3 Å². The summed E-state index contributed by atoms with van der Waals surface area (Å²) in [7, 11) is 0. The molecule has 1 aliphatic rings. The van der Waals surface area contributed by atoms with E-state index in [0.717, 1.165) is 11.5 Å². The smallest absolute Gasteiger partial charge is 0.407 e. The van der Waals surface area contributed by atoms with Crippen molar-refractivity contribution in [1.29, 1.82) is 0 Å². The Balaban J connectivity index is 0.836. The first kappa shape index (κ1) is 47.3. The van der Waals surface area contributed by atoms with Crippen molar-refractivity contribution >= 4 is 12.1 Å². The molecule has 3 aromatic rings. The summed E-state index contributed by atoms with van der Waals surface area (Å²) in [5, 5.41) is 11.2. The third kappa shape index (κ3) is 20.4. The van der Waals surface area contributed by atoms with E-state index in [4.69, 9.17) is 61.9 Å². The Morgan fingerprint density at radius 2 is 0.814 bits per heavy atom. The summed E-state index contributed by atoms with van der Waals surface area (Å²) in [5.41, 5.74) is 4.75. The van der Waals surface area contributed by atoms with Crippen LogP contribution in [0.25, 0.3) is 11.1 Å². The second-order valence-corrected chi connectivity index (χ2v) is 12.8. The zero-order valence-electron chi connectivity index (χ0n) is 33.7. The number of nitrogens with one attached hydrogen (secondary N) is 1. The molecule has 59 heavy (non-hydrogen) atoms. The van der Waals surface area contributed by atoms with Gasteiger partial charge in [-0.3, -0.25) is 0 Å². The van der Waals surface area contributed by atoms with Crippen LogP contribution in [-0.2, 0) is 52.2 Å². The van der Waals surface area contributed by atoms with E-state index in [0.29, 0.717) is 125 Å². The van der Waals surface area contributed by atoms with Gasteiger partial charge in [0.1, 0.15) is 37.9 Å². The number of carbonyl (C=O) groups excluding carboxylic acids is 1. The van der Waals surface area contributed by atoms with E-state index >= 15 is 0 Å². The van der Waals surface area contributed by atoms with Gasteiger partial charge in [0, 0.05) is 12.5 Å². The Morgan fingerprint density at radius 3 is 1.22 bits per heavy atom. The van der Waals surface area contributed by atoms with Crippen LogP contribution in [0.2, 0.25) is 0 Å². The molecule has 16 nitrogen and oxygen atoms in total. The van der Waals surface area contributed by atoms with Crippen LogP contribution in [0.5, 0.6) is 11.5 Å². The summed E-state index contributed by atoms with van der Waals surface area (Å²) in [6.07, 6.45) is -0.460. The molecule has 0 bridgehead atoms. The molecule has 0 saturated heterocycles. The molecule has 3 aromatic carbocycles. The number of aliphatic carboxylic acids is 1. The minimum Gasteiger partial charge on any atom is -0.491 e. The van der Waals surface area contributed by atoms with Gasteiger partial charge in [-0.25, -0.2) is 9.59 Å². The van der Waals surface area contributed by atoms with Crippen molar-refractivity contribution in [2.75, 3.05) is 145 Å². The number of benzene rings is 3. The zero-order valence-corrected chi connectivity index (χ0v) is 33.7. The number of rotatable bonds is 36. The van der Waals surface area contributed by atoms with E-state index in [2.05, 4.69) is 29.6 Å². The minimum absolute atomic E-state index is 0.0284. The average molecular weight is 830 g/mol. The van der Waals surface area contributed by atoms with E-state index in [9.17, 15) is 9.59 Å². The maximum atomic E-state index is 12.3. The number of carboxylic acids is 1. The summed E-state index contributed by atoms with van der Waals surface area (Å²) >= 11 is 0. The average Bonchev–Trinajstić information content (AvgIpc) is 3.57. The zero-order chi connectivity index (χ0) is 41.4. The maximum Gasteiger partial charge on any atom is 0.407 e. The Labute approximate surface area is 346 Å². The van der Waals surface area contributed by atoms with Crippen LogP contribution in [0, 0.1) is 0 Å². The molecule has 0 aliphatic heterocycles. The number of hydrogen-bond acceptors (Lipinski definition) is 14. The van der Waals surface area contributed by atoms with E-state index in [-0.39, 0.29) is 25.7 Å². The fraction of sp³-hybridized carbons (Fsp3) is 0.535. The summed E-state index contributed by atoms with van der Waals surface area (Å²) in [5.74, 6) is 0.466. The molecule has 0 saturated carbocycles. The SMILES string of the molecule is O=C(O)COCCOCCOCCOCCOCCOc1ccc(OCCOCCOCCOCCOCCNC(=O)OCC2c3ccccc3-c3ccccc32)cc1. The van der Waals surface area contributed by atoms with Crippen molar-refractivity contribution in [1.82, 2.24) is 5.32 Å². The molecule has 1 amide bonds. The van der Waals surface area contributed by atoms with Gasteiger partial charge in [-0.2, -0.15) is 0 Å². The predicted octanol–water partition coefficient (Wildman–Crippen LogP) is 4.22. The summed E-state index contributed by atoms with van der Waals surface area (Å²) in [6, 6.07) is 23.8. The van der Waals surface area contributed by atoms with Gasteiger partial charge >= 0.3 is 12.1 Å². The third-order valence-electron chi connectivity index (χ3n) is 8.51. The van der Waals surface area contributed by atoms with Gasteiger partial charge in [0.05, 0.1) is 112 Å². The summed E-state index contributed by atoms with van der Waals surface area (Å²) in [4.78, 5) is 22.6. The largest absolute Gasteiger partial charge is 0.491 e. The number of amides is 1. The quantitative estimate of drug-likeness (QED) is 0.0797. The second-order valence-electron chi connectivity index (χ2n) is 12.8. The van der Waals surface area contributed by atoms with E-state index in [1.807, 2.05) is 48.5 Å². The van der Waals surface area contributed by atoms with E-state index in [1.165, 1.54) is 22.3 Å². The van der Waals surface area contributed by atoms with Crippen LogP contribution in [0.3, 0.4) is 0 Å². The number of carboxylic acid groups (broad SMARTS) is 1. The molecule has 2 N–H and O–H groups in total. The maximum absolute atomic E-state index is 12.3. The molecule has 0 spiro atoms. The number of fused-ring (bicyclic) bond motifs is 3. The fourth-order valence-electron chi connectivity index (χ4n) is 5.74. The van der Waals surface area contributed by atoms with Gasteiger partial charge in [-0.05, 0) is 46.5 Å². The first-order valence-corrected chi connectivity index (χ1v) is 20.0. The molecular formula is C43H59NO15. The van der Waals surface area contributed by atoms with Gasteiger partial charge in [0.25, 0.3) is 0 Å². The Bertz CT molecular complexity index is 1510. The van der Waals surface area contributed by atoms with Crippen molar-refractivity contribution in [2.24, 2.45) is 0 Å². The van der Waals surface area contributed by atoms with Gasteiger partial charge in [0.15, 0.2) is 0 Å². The highest BCUT2D eigenvalue weighted by Gasteiger charge is 2.29. The first-order chi connectivity index (χ1) is 29.1. The minimum atomic E-state index is -1.00. The standard InChI is InChI=1S/C43H59NO15/c45-42(46)34-56-28-27-53-22-21-50-19-20-52-24-26-55-30-32-58-36-11-9-35(10-12-36)57-31-29-54-25-23-51-18-17-49-16-15-48-14-13-44-43(47)59-33-41-39-7-3-1-5-37(39)38-6-2-4-8-40(38)41/h1-12,41H,13-34H2,(H,44,47)(H,45,46). The molecule has 0 fully saturated rings. The summed E-state index contributed by atoms with van der Waals surface area (Å²) in [6.45, 7) is 8.15. The molecular weight excluding hydrogens is 770 g/mol. The Kier molecular flexibility index (Phi) is 24.6. The highest BCUT2D eigenvalue weighted by molar-refractivity contribution is 5.79. The van der Waals surface area contributed by atoms with Crippen LogP contribution in [0.1, 0.15) is 17.0 Å². The van der Waals surface area contributed by atoms with Crippen molar-refractivity contribution in [2.45, 2.75) is 5.92 Å². The molecule has 0 aromatic heterocycles. The van der Waals surface area contributed by atoms with Crippen molar-refractivity contribution in [3.63, 3.8) is 0 Å². The highest BCUT2D eigenvalue weighted by atomic mass is 16.6. The van der Waals surface area contributed by atoms with Crippen LogP contribution in [-0.4, -0.2) is 162 Å². The number of alkyl carbamates (subject to hydrolysis) is 1. The number of carbonyl (C=O) groups is 2. The van der Waals surface area contributed by atoms with Crippen LogP contribution in [0.15, 0.2) is 72.8 Å². The topological polar surface area (TPSA) is 177 Å². The molecule has 326 valence electrons. The molecule has 0 heterocycles. The van der Waals surface area contributed by atoms with Gasteiger partial charge in [0.2, 0.25) is 0 Å². The number of hydrogen-bond donors (Lipinski definition) is 2. The van der Waals surface area contributed by atoms with Gasteiger partial charge in [-0.15, -0.1) is 0 Å². The molecule has 0 radical (unpaired) electrons. The van der Waals surface area contributed by atoms with Crippen LogP contribution >= 0.6 is 0 Å². The van der Waals surface area contributed by atoms with Crippen molar-refractivity contribution in [3.05, 3.63) is 83.9 Å². The van der Waals surface area contributed by atoms with Crippen molar-refractivity contribution in [3.8, 4) is 22.6 Å². The van der Waals surface area contributed by atoms with Crippen molar-refractivity contribution < 1.29 is 71.5 Å². The fourth-order valence-corrected chi connectivity index (χ4v) is 5.74.